The zero-order valence-electron chi connectivity index (χ0n) is 21.5. The van der Waals surface area contributed by atoms with Crippen LogP contribution in [-0.2, 0) is 42.9 Å². The van der Waals surface area contributed by atoms with Crippen molar-refractivity contribution in [3.05, 3.63) is 0 Å². The summed E-state index contributed by atoms with van der Waals surface area (Å²) in [5.74, 6) is -1.80. The maximum atomic E-state index is 12.5. The standard InChI is InChI=1S/C24H40N2O9/c1-5-19(27)26-13-11-25(12-14-26)10-9-23(31)35-18-24(15-32-20(28)6-2,16-33-21(29)7-3)17-34-22(30)8-4/h5-18H2,1-4H3. The van der Waals surface area contributed by atoms with Gasteiger partial charge in [0.2, 0.25) is 5.91 Å². The molecule has 0 atom stereocenters. The molecule has 0 saturated carbocycles. The summed E-state index contributed by atoms with van der Waals surface area (Å²) in [6, 6.07) is 0. The fourth-order valence-corrected chi connectivity index (χ4v) is 3.26. The molecule has 1 fully saturated rings. The Labute approximate surface area is 207 Å². The molecule has 1 amide bonds. The van der Waals surface area contributed by atoms with Crippen molar-refractivity contribution >= 4 is 29.8 Å². The highest BCUT2D eigenvalue weighted by Gasteiger charge is 2.37. The van der Waals surface area contributed by atoms with Crippen LogP contribution in [0.4, 0.5) is 0 Å². The maximum absolute atomic E-state index is 12.5. The van der Waals surface area contributed by atoms with Crippen molar-refractivity contribution in [2.24, 2.45) is 5.41 Å². The lowest BCUT2D eigenvalue weighted by Gasteiger charge is -2.34. The number of carbonyl (C=O) groups is 5. The second kappa shape index (κ2) is 16.1. The molecule has 0 unspecified atom stereocenters. The Kier molecular flexibility index (Phi) is 13.9. The van der Waals surface area contributed by atoms with E-state index in [9.17, 15) is 24.0 Å². The SMILES string of the molecule is CCC(=O)OCC(COC(=O)CC)(COC(=O)CC)COC(=O)CCN1CCN(C(=O)CC)CC1. The number of ether oxygens (including phenoxy) is 4. The second-order valence-corrected chi connectivity index (χ2v) is 8.53. The van der Waals surface area contributed by atoms with Crippen molar-refractivity contribution in [1.82, 2.24) is 9.80 Å². The summed E-state index contributed by atoms with van der Waals surface area (Å²) in [5, 5.41) is 0. The molecule has 0 aromatic heterocycles. The fraction of sp³-hybridized carbons (Fsp3) is 0.792. The molecule has 0 spiro atoms. The van der Waals surface area contributed by atoms with Crippen molar-refractivity contribution in [3.63, 3.8) is 0 Å². The molecule has 11 nitrogen and oxygen atoms in total. The molecule has 0 aromatic rings. The lowest BCUT2D eigenvalue weighted by atomic mass is 9.92. The monoisotopic (exact) mass is 500 g/mol. The third kappa shape index (κ3) is 11.5. The van der Waals surface area contributed by atoms with Crippen LogP contribution in [0, 0.1) is 5.41 Å². The van der Waals surface area contributed by atoms with Crippen LogP contribution in [0.5, 0.6) is 0 Å². The van der Waals surface area contributed by atoms with E-state index in [-0.39, 0.29) is 58.0 Å². The second-order valence-electron chi connectivity index (χ2n) is 8.53. The number of nitrogens with zero attached hydrogens (tertiary/aromatic N) is 2. The Hall–Kier alpha value is -2.69. The zero-order valence-corrected chi connectivity index (χ0v) is 21.5. The Balaban J connectivity index is 2.73. The van der Waals surface area contributed by atoms with Crippen LogP contribution in [0.2, 0.25) is 0 Å². The van der Waals surface area contributed by atoms with Crippen LogP contribution < -0.4 is 0 Å². The molecule has 0 radical (unpaired) electrons. The van der Waals surface area contributed by atoms with E-state index in [2.05, 4.69) is 4.90 Å². The highest BCUT2D eigenvalue weighted by Crippen LogP contribution is 2.22. The van der Waals surface area contributed by atoms with Crippen LogP contribution >= 0.6 is 0 Å². The minimum Gasteiger partial charge on any atom is -0.465 e. The molecule has 11 heteroatoms. The molecule has 1 rings (SSSR count). The molecule has 35 heavy (non-hydrogen) atoms. The first-order valence-corrected chi connectivity index (χ1v) is 12.3. The Morgan fingerprint density at radius 1 is 0.600 bits per heavy atom. The van der Waals surface area contributed by atoms with Gasteiger partial charge in [0.05, 0.1) is 6.42 Å². The van der Waals surface area contributed by atoms with Crippen molar-refractivity contribution in [1.29, 1.82) is 0 Å². The molecule has 0 bridgehead atoms. The van der Waals surface area contributed by atoms with Crippen LogP contribution in [-0.4, -0.2) is 98.7 Å². The Bertz CT molecular complexity index is 667. The predicted octanol–water partition coefficient (Wildman–Crippen LogP) is 1.32. The summed E-state index contributed by atoms with van der Waals surface area (Å²) in [6.45, 7) is 8.83. The smallest absolute Gasteiger partial charge is 0.307 e. The van der Waals surface area contributed by atoms with Gasteiger partial charge in [0.1, 0.15) is 31.8 Å². The molecule has 0 aromatic carbocycles. The van der Waals surface area contributed by atoms with Gasteiger partial charge >= 0.3 is 23.9 Å². The van der Waals surface area contributed by atoms with Gasteiger partial charge in [-0.15, -0.1) is 0 Å². The van der Waals surface area contributed by atoms with Crippen LogP contribution in [0.15, 0.2) is 0 Å². The summed E-state index contributed by atoms with van der Waals surface area (Å²) in [7, 11) is 0. The number of hydrogen-bond donors (Lipinski definition) is 0. The third-order valence-electron chi connectivity index (χ3n) is 5.68. The van der Waals surface area contributed by atoms with Crippen molar-refractivity contribution in [2.45, 2.75) is 59.8 Å². The molecule has 1 heterocycles. The molecule has 0 N–H and O–H groups in total. The van der Waals surface area contributed by atoms with Gasteiger partial charge in [0, 0.05) is 58.4 Å². The summed E-state index contributed by atoms with van der Waals surface area (Å²) < 4.78 is 21.3. The van der Waals surface area contributed by atoms with Gasteiger partial charge in [0.15, 0.2) is 0 Å². The van der Waals surface area contributed by atoms with E-state index < -0.39 is 29.3 Å². The van der Waals surface area contributed by atoms with Gasteiger partial charge in [-0.2, -0.15) is 0 Å². The number of rotatable bonds is 15. The number of piperazine rings is 1. The highest BCUT2D eigenvalue weighted by molar-refractivity contribution is 5.76. The van der Waals surface area contributed by atoms with Gasteiger partial charge < -0.3 is 23.8 Å². The molecule has 0 aliphatic carbocycles. The highest BCUT2D eigenvalue weighted by atomic mass is 16.6. The van der Waals surface area contributed by atoms with E-state index in [4.69, 9.17) is 18.9 Å². The van der Waals surface area contributed by atoms with Crippen LogP contribution in [0.3, 0.4) is 0 Å². The Morgan fingerprint density at radius 3 is 1.37 bits per heavy atom. The summed E-state index contributed by atoms with van der Waals surface area (Å²) in [5.41, 5.74) is -1.22. The number of hydrogen-bond acceptors (Lipinski definition) is 10. The van der Waals surface area contributed by atoms with Crippen molar-refractivity contribution < 1.29 is 42.9 Å². The van der Waals surface area contributed by atoms with Gasteiger partial charge in [-0.05, 0) is 0 Å². The summed E-state index contributed by atoms with van der Waals surface area (Å²) in [4.78, 5) is 63.5. The average Bonchev–Trinajstić information content (AvgIpc) is 2.89. The van der Waals surface area contributed by atoms with E-state index in [1.165, 1.54) is 0 Å². The predicted molar refractivity (Wildman–Crippen MR) is 125 cm³/mol. The molecule has 1 aliphatic heterocycles. The fourth-order valence-electron chi connectivity index (χ4n) is 3.26. The largest absolute Gasteiger partial charge is 0.465 e. The van der Waals surface area contributed by atoms with Gasteiger partial charge in [0.25, 0.3) is 0 Å². The van der Waals surface area contributed by atoms with Crippen molar-refractivity contribution in [2.75, 3.05) is 59.2 Å². The summed E-state index contributed by atoms with van der Waals surface area (Å²) in [6.07, 6.45) is 1.00. The van der Waals surface area contributed by atoms with Crippen molar-refractivity contribution in [3.8, 4) is 0 Å². The topological polar surface area (TPSA) is 129 Å². The van der Waals surface area contributed by atoms with Gasteiger partial charge in [-0.25, -0.2) is 0 Å². The van der Waals surface area contributed by atoms with Gasteiger partial charge in [-0.3, -0.25) is 28.9 Å². The summed E-state index contributed by atoms with van der Waals surface area (Å²) >= 11 is 0. The van der Waals surface area contributed by atoms with E-state index in [1.807, 2.05) is 11.8 Å². The first-order valence-electron chi connectivity index (χ1n) is 12.3. The molecule has 1 aliphatic rings. The Morgan fingerprint density at radius 2 is 1.00 bits per heavy atom. The molecular formula is C24H40N2O9. The first kappa shape index (κ1) is 30.3. The number of amides is 1. The van der Waals surface area contributed by atoms with Crippen LogP contribution in [0.25, 0.3) is 0 Å². The lowest BCUT2D eigenvalue weighted by Crippen LogP contribution is -2.49. The van der Waals surface area contributed by atoms with Crippen LogP contribution in [0.1, 0.15) is 59.8 Å². The number of esters is 4. The molecule has 200 valence electrons. The van der Waals surface area contributed by atoms with E-state index in [1.54, 1.807) is 20.8 Å². The normalized spacial score (nSPS) is 14.2. The minimum absolute atomic E-state index is 0.121. The number of carbonyl (C=O) groups excluding carboxylic acids is 5. The first-order chi connectivity index (χ1) is 16.7. The van der Waals surface area contributed by atoms with E-state index >= 15 is 0 Å². The van der Waals surface area contributed by atoms with E-state index in [0.717, 1.165) is 0 Å². The van der Waals surface area contributed by atoms with E-state index in [0.29, 0.717) is 39.1 Å². The average molecular weight is 501 g/mol. The minimum atomic E-state index is -1.22. The molecular weight excluding hydrogens is 460 g/mol. The third-order valence-corrected chi connectivity index (χ3v) is 5.68. The zero-order chi connectivity index (χ0) is 26.3. The lowest BCUT2D eigenvalue weighted by molar-refractivity contribution is -0.170. The quantitative estimate of drug-likeness (QED) is 0.240. The maximum Gasteiger partial charge on any atom is 0.307 e. The molecule has 1 saturated heterocycles. The van der Waals surface area contributed by atoms with Gasteiger partial charge in [-0.1, -0.05) is 27.7 Å².